The van der Waals surface area contributed by atoms with Gasteiger partial charge in [-0.3, -0.25) is 9.98 Å². The van der Waals surface area contributed by atoms with Gasteiger partial charge in [0.05, 0.1) is 34.2 Å². The monoisotopic (exact) mass is 453 g/mol. The standard InChI is InChI=1S/C31H39N3/c1-9-24-16-20(5)17-25(10-2)30(24)32-22(7)28-14-13-15-29(34-28)23(8)33-31-26(11-3)18-21(6)19-27(31)12-4/h13-19H,9-12H2,1-8H3/b32-22+,33-23+. The summed E-state index contributed by atoms with van der Waals surface area (Å²) in [6, 6.07) is 15.2. The van der Waals surface area contributed by atoms with Crippen LogP contribution in [0.3, 0.4) is 0 Å². The molecule has 0 atom stereocenters. The van der Waals surface area contributed by atoms with Crippen molar-refractivity contribution in [3.63, 3.8) is 0 Å². The third kappa shape index (κ3) is 5.70. The predicted octanol–water partition coefficient (Wildman–Crippen LogP) is 8.23. The van der Waals surface area contributed by atoms with E-state index in [1.807, 2.05) is 12.1 Å². The van der Waals surface area contributed by atoms with E-state index in [2.05, 4.69) is 85.7 Å². The number of hydrogen-bond acceptors (Lipinski definition) is 3. The lowest BCUT2D eigenvalue weighted by Gasteiger charge is -2.13. The van der Waals surface area contributed by atoms with Crippen molar-refractivity contribution in [2.45, 2.75) is 81.1 Å². The Kier molecular flexibility index (Phi) is 8.55. The number of pyridine rings is 1. The van der Waals surface area contributed by atoms with Crippen LogP contribution in [0.2, 0.25) is 0 Å². The molecule has 0 aliphatic heterocycles. The zero-order valence-electron chi connectivity index (χ0n) is 22.2. The average Bonchev–Trinajstić information content (AvgIpc) is 2.85. The van der Waals surface area contributed by atoms with Crippen molar-refractivity contribution in [2.75, 3.05) is 0 Å². The molecule has 0 amide bonds. The van der Waals surface area contributed by atoms with Crippen LogP contribution in [0.25, 0.3) is 0 Å². The van der Waals surface area contributed by atoms with Crippen LogP contribution in [0.5, 0.6) is 0 Å². The summed E-state index contributed by atoms with van der Waals surface area (Å²) >= 11 is 0. The van der Waals surface area contributed by atoms with E-state index >= 15 is 0 Å². The molecule has 178 valence electrons. The molecule has 0 saturated heterocycles. The number of aryl methyl sites for hydroxylation is 6. The molecule has 3 nitrogen and oxygen atoms in total. The fourth-order valence-corrected chi connectivity index (χ4v) is 4.52. The first-order chi connectivity index (χ1) is 16.3. The second-order valence-corrected chi connectivity index (χ2v) is 9.08. The van der Waals surface area contributed by atoms with E-state index in [0.29, 0.717) is 0 Å². The van der Waals surface area contributed by atoms with Gasteiger partial charge < -0.3 is 0 Å². The summed E-state index contributed by atoms with van der Waals surface area (Å²) in [7, 11) is 0. The maximum atomic E-state index is 5.08. The lowest BCUT2D eigenvalue weighted by atomic mass is 9.99. The first kappa shape index (κ1) is 25.6. The SMILES string of the molecule is CCc1cc(C)cc(CC)c1/N=C(\C)c1cccc(/C(C)=N/c2c(CC)cc(C)cc2CC)n1. The Labute approximate surface area is 206 Å². The highest BCUT2D eigenvalue weighted by Crippen LogP contribution is 2.30. The number of rotatable bonds is 8. The quantitative estimate of drug-likeness (QED) is 0.316. The minimum Gasteiger partial charge on any atom is -0.251 e. The van der Waals surface area contributed by atoms with E-state index in [0.717, 1.165) is 59.9 Å². The molecule has 3 heteroatoms. The molecule has 2 aromatic carbocycles. The van der Waals surface area contributed by atoms with Gasteiger partial charge in [-0.25, -0.2) is 4.98 Å². The minimum absolute atomic E-state index is 0.895. The number of hydrogen-bond donors (Lipinski definition) is 0. The van der Waals surface area contributed by atoms with Crippen molar-refractivity contribution < 1.29 is 0 Å². The van der Waals surface area contributed by atoms with Crippen molar-refractivity contribution in [1.82, 2.24) is 4.98 Å². The highest BCUT2D eigenvalue weighted by molar-refractivity contribution is 6.02. The van der Waals surface area contributed by atoms with Crippen molar-refractivity contribution in [2.24, 2.45) is 9.98 Å². The maximum Gasteiger partial charge on any atom is 0.0849 e. The summed E-state index contributed by atoms with van der Waals surface area (Å²) < 4.78 is 0. The Hall–Kier alpha value is -3.07. The molecule has 3 aromatic rings. The number of aliphatic imine (C=N–C) groups is 2. The smallest absolute Gasteiger partial charge is 0.0849 e. The molecule has 1 heterocycles. The van der Waals surface area contributed by atoms with Crippen LogP contribution in [-0.4, -0.2) is 16.4 Å². The van der Waals surface area contributed by atoms with E-state index in [1.54, 1.807) is 0 Å². The van der Waals surface area contributed by atoms with Crippen LogP contribution in [0.1, 0.15) is 86.3 Å². The molecule has 3 rings (SSSR count). The Morgan fingerprint density at radius 3 is 1.24 bits per heavy atom. The summed E-state index contributed by atoms with van der Waals surface area (Å²) in [5, 5.41) is 0. The summed E-state index contributed by atoms with van der Waals surface area (Å²) in [5.74, 6) is 0. The molecule has 0 unspecified atom stereocenters. The molecule has 0 saturated carbocycles. The van der Waals surface area contributed by atoms with Crippen LogP contribution in [0.15, 0.2) is 52.4 Å². The van der Waals surface area contributed by atoms with Crippen LogP contribution in [0.4, 0.5) is 11.4 Å². The van der Waals surface area contributed by atoms with E-state index < -0.39 is 0 Å². The molecule has 1 aromatic heterocycles. The number of nitrogens with zero attached hydrogens (tertiary/aromatic N) is 3. The molecular formula is C31H39N3. The summed E-state index contributed by atoms with van der Waals surface area (Å²) in [4.78, 5) is 15.1. The summed E-state index contributed by atoms with van der Waals surface area (Å²) in [6.45, 7) is 17.2. The maximum absolute atomic E-state index is 5.08. The van der Waals surface area contributed by atoms with Crippen LogP contribution in [0, 0.1) is 13.8 Å². The third-order valence-electron chi connectivity index (χ3n) is 6.40. The first-order valence-corrected chi connectivity index (χ1v) is 12.6. The van der Waals surface area contributed by atoms with Gasteiger partial charge in [0.25, 0.3) is 0 Å². The zero-order chi connectivity index (χ0) is 24.8. The highest BCUT2D eigenvalue weighted by atomic mass is 14.8. The molecule has 0 fully saturated rings. The number of aromatic nitrogens is 1. The van der Waals surface area contributed by atoms with Gasteiger partial charge in [-0.05, 0) is 87.8 Å². The topological polar surface area (TPSA) is 37.6 Å². The van der Waals surface area contributed by atoms with Gasteiger partial charge in [0, 0.05) is 0 Å². The Bertz CT molecular complexity index is 1090. The van der Waals surface area contributed by atoms with Gasteiger partial charge in [0.15, 0.2) is 0 Å². The minimum atomic E-state index is 0.895. The van der Waals surface area contributed by atoms with E-state index in [4.69, 9.17) is 15.0 Å². The van der Waals surface area contributed by atoms with Crippen LogP contribution >= 0.6 is 0 Å². The van der Waals surface area contributed by atoms with Crippen LogP contribution < -0.4 is 0 Å². The third-order valence-corrected chi connectivity index (χ3v) is 6.40. The molecule has 0 spiro atoms. The molecule has 34 heavy (non-hydrogen) atoms. The average molecular weight is 454 g/mol. The molecule has 0 bridgehead atoms. The lowest BCUT2D eigenvalue weighted by Crippen LogP contribution is -2.06. The molecule has 0 N–H and O–H groups in total. The Morgan fingerprint density at radius 2 is 0.941 bits per heavy atom. The van der Waals surface area contributed by atoms with Crippen molar-refractivity contribution in [1.29, 1.82) is 0 Å². The zero-order valence-corrected chi connectivity index (χ0v) is 22.2. The fraction of sp³-hybridized carbons (Fsp3) is 0.387. The van der Waals surface area contributed by atoms with E-state index in [1.165, 1.54) is 33.4 Å². The van der Waals surface area contributed by atoms with E-state index in [-0.39, 0.29) is 0 Å². The van der Waals surface area contributed by atoms with Gasteiger partial charge in [0.1, 0.15) is 0 Å². The molecular weight excluding hydrogens is 414 g/mol. The predicted molar refractivity (Wildman–Crippen MR) is 148 cm³/mol. The molecule has 0 radical (unpaired) electrons. The van der Waals surface area contributed by atoms with Gasteiger partial charge in [0.2, 0.25) is 0 Å². The lowest BCUT2D eigenvalue weighted by molar-refractivity contribution is 1.07. The highest BCUT2D eigenvalue weighted by Gasteiger charge is 2.12. The van der Waals surface area contributed by atoms with Crippen molar-refractivity contribution in [3.8, 4) is 0 Å². The molecule has 0 aliphatic carbocycles. The summed E-state index contributed by atoms with van der Waals surface area (Å²) in [5.41, 5.74) is 13.6. The second-order valence-electron chi connectivity index (χ2n) is 9.08. The van der Waals surface area contributed by atoms with Gasteiger partial charge in [-0.1, -0.05) is 69.2 Å². The summed E-state index contributed by atoms with van der Waals surface area (Å²) in [6.07, 6.45) is 3.87. The van der Waals surface area contributed by atoms with Gasteiger partial charge in [-0.2, -0.15) is 0 Å². The van der Waals surface area contributed by atoms with Gasteiger partial charge >= 0.3 is 0 Å². The van der Waals surface area contributed by atoms with Crippen molar-refractivity contribution >= 4 is 22.8 Å². The second kappa shape index (κ2) is 11.4. The van der Waals surface area contributed by atoms with E-state index in [9.17, 15) is 0 Å². The Balaban J connectivity index is 2.04. The Morgan fingerprint density at radius 1 is 0.618 bits per heavy atom. The normalized spacial score (nSPS) is 12.4. The van der Waals surface area contributed by atoms with Crippen LogP contribution in [-0.2, 0) is 25.7 Å². The number of benzene rings is 2. The van der Waals surface area contributed by atoms with Gasteiger partial charge in [-0.15, -0.1) is 0 Å². The van der Waals surface area contributed by atoms with Crippen molar-refractivity contribution in [3.05, 3.63) is 87.2 Å². The fourth-order valence-electron chi connectivity index (χ4n) is 4.52. The largest absolute Gasteiger partial charge is 0.251 e. The first-order valence-electron chi connectivity index (χ1n) is 12.6. The molecule has 0 aliphatic rings.